The Kier molecular flexibility index (Phi) is 3.93. The molecular weight excluding hydrogens is 311 g/mol. The Bertz CT molecular complexity index is 720. The number of alkyl halides is 3. The van der Waals surface area contributed by atoms with Crippen LogP contribution < -0.4 is 10.1 Å². The molecule has 5 nitrogen and oxygen atoms in total. The molecule has 8 heteroatoms. The lowest BCUT2D eigenvalue weighted by atomic mass is 9.99. The van der Waals surface area contributed by atoms with Gasteiger partial charge in [0.2, 0.25) is 5.91 Å². The number of fused-ring (bicyclic) bond motifs is 1. The predicted octanol–water partition coefficient (Wildman–Crippen LogP) is 2.61. The second kappa shape index (κ2) is 5.77. The van der Waals surface area contributed by atoms with Crippen LogP contribution in [-0.2, 0) is 4.79 Å². The molecule has 1 saturated heterocycles. The molecule has 1 amide bonds. The van der Waals surface area contributed by atoms with Gasteiger partial charge in [-0.2, -0.15) is 13.2 Å². The lowest BCUT2D eigenvalue weighted by Gasteiger charge is -2.38. The number of methoxy groups -OCH3 is 1. The van der Waals surface area contributed by atoms with E-state index in [-0.39, 0.29) is 19.0 Å². The van der Waals surface area contributed by atoms with Crippen LogP contribution in [0.15, 0.2) is 24.4 Å². The lowest BCUT2D eigenvalue weighted by Crippen LogP contribution is -2.54. The highest BCUT2D eigenvalue weighted by molar-refractivity contribution is 6.03. The summed E-state index contributed by atoms with van der Waals surface area (Å²) in [5, 5.41) is 3.56. The largest absolute Gasteiger partial charge is 0.497 e. The molecule has 2 heterocycles. The average molecular weight is 327 g/mol. The van der Waals surface area contributed by atoms with Gasteiger partial charge in [-0.1, -0.05) is 0 Å². The highest BCUT2D eigenvalue weighted by Gasteiger charge is 2.39. The van der Waals surface area contributed by atoms with E-state index in [1.54, 1.807) is 25.4 Å². The summed E-state index contributed by atoms with van der Waals surface area (Å²) in [6, 6.07) is 5.42. The minimum atomic E-state index is -4.23. The van der Waals surface area contributed by atoms with Crippen LogP contribution in [0.5, 0.6) is 5.75 Å². The molecule has 0 radical (unpaired) electrons. The van der Waals surface area contributed by atoms with Crippen LogP contribution in [0.4, 0.5) is 18.9 Å². The molecule has 1 aliphatic heterocycles. The van der Waals surface area contributed by atoms with Gasteiger partial charge in [-0.25, -0.2) is 0 Å². The predicted molar refractivity (Wildman–Crippen MR) is 79.5 cm³/mol. The van der Waals surface area contributed by atoms with Crippen molar-refractivity contribution >= 4 is 22.5 Å². The maximum atomic E-state index is 12.2. The second-order valence-electron chi connectivity index (χ2n) is 5.61. The normalized spacial score (nSPS) is 16.3. The summed E-state index contributed by atoms with van der Waals surface area (Å²) in [7, 11) is 1.55. The molecule has 2 N–H and O–H groups in total. The first-order chi connectivity index (χ1) is 10.9. The van der Waals surface area contributed by atoms with Crippen LogP contribution in [0.3, 0.4) is 0 Å². The Morgan fingerprint density at radius 3 is 2.83 bits per heavy atom. The maximum absolute atomic E-state index is 12.2. The fraction of sp³-hybridized carbons (Fsp3) is 0.400. The Morgan fingerprint density at radius 1 is 1.43 bits per heavy atom. The molecule has 0 spiro atoms. The number of ether oxygens (including phenoxy) is 1. The molecule has 0 saturated carbocycles. The van der Waals surface area contributed by atoms with Crippen molar-refractivity contribution in [1.29, 1.82) is 0 Å². The number of H-pyrrole nitrogens is 1. The lowest BCUT2D eigenvalue weighted by molar-refractivity contribution is -0.162. The first kappa shape index (κ1) is 15.7. The first-order valence-corrected chi connectivity index (χ1v) is 7.11. The molecular formula is C15H16F3N3O2. The van der Waals surface area contributed by atoms with Crippen molar-refractivity contribution < 1.29 is 22.7 Å². The number of nitrogens with one attached hydrogen (secondary N) is 2. The Hall–Kier alpha value is -2.22. The highest BCUT2D eigenvalue weighted by atomic mass is 19.4. The molecule has 1 aromatic heterocycles. The van der Waals surface area contributed by atoms with E-state index in [4.69, 9.17) is 4.74 Å². The number of nitrogens with zero attached hydrogens (tertiary/aromatic N) is 1. The molecule has 2 aromatic rings. The quantitative estimate of drug-likeness (QED) is 0.907. The zero-order valence-corrected chi connectivity index (χ0v) is 12.4. The molecule has 124 valence electrons. The Balaban J connectivity index is 1.63. The third-order valence-corrected chi connectivity index (χ3v) is 3.88. The van der Waals surface area contributed by atoms with Crippen molar-refractivity contribution in [2.75, 3.05) is 32.1 Å². The van der Waals surface area contributed by atoms with Gasteiger partial charge >= 0.3 is 6.18 Å². The number of aromatic amines is 1. The van der Waals surface area contributed by atoms with E-state index in [1.807, 2.05) is 6.07 Å². The number of benzene rings is 1. The van der Waals surface area contributed by atoms with Gasteiger partial charge in [0.05, 0.1) is 25.3 Å². The summed E-state index contributed by atoms with van der Waals surface area (Å²) < 4.78 is 41.9. The fourth-order valence-corrected chi connectivity index (χ4v) is 2.68. The number of carbonyl (C=O) groups excluding carboxylic acids is 1. The Morgan fingerprint density at radius 2 is 2.17 bits per heavy atom. The minimum Gasteiger partial charge on any atom is -0.497 e. The monoisotopic (exact) mass is 327 g/mol. The third kappa shape index (κ3) is 3.42. The van der Waals surface area contributed by atoms with Gasteiger partial charge in [0.15, 0.2) is 0 Å². The Labute approximate surface area is 130 Å². The summed E-state index contributed by atoms with van der Waals surface area (Å²) in [5.74, 6) is -0.0346. The number of anilines is 1. The van der Waals surface area contributed by atoms with Crippen molar-refractivity contribution in [3.63, 3.8) is 0 Å². The van der Waals surface area contributed by atoms with Gasteiger partial charge in [0, 0.05) is 30.2 Å². The van der Waals surface area contributed by atoms with E-state index in [9.17, 15) is 18.0 Å². The van der Waals surface area contributed by atoms with Crippen molar-refractivity contribution in [2.45, 2.75) is 6.18 Å². The minimum absolute atomic E-state index is 0.122. The number of rotatable bonds is 4. The third-order valence-electron chi connectivity index (χ3n) is 3.88. The standard InChI is InChI=1S/C15H16F3N3O2/c1-23-10-2-3-12-11(4-10)13(5-19-12)20-14(22)9-6-21(7-9)8-15(16,17)18/h2-5,9,19H,6-8H2,1H3,(H,20,22). The van der Waals surface area contributed by atoms with Crippen LogP contribution in [0.1, 0.15) is 0 Å². The average Bonchev–Trinajstić information content (AvgIpc) is 2.83. The molecule has 0 unspecified atom stereocenters. The smallest absolute Gasteiger partial charge is 0.401 e. The van der Waals surface area contributed by atoms with E-state index < -0.39 is 18.6 Å². The second-order valence-corrected chi connectivity index (χ2v) is 5.61. The van der Waals surface area contributed by atoms with E-state index in [0.29, 0.717) is 11.4 Å². The molecule has 0 atom stereocenters. The highest BCUT2D eigenvalue weighted by Crippen LogP contribution is 2.29. The van der Waals surface area contributed by atoms with Crippen LogP contribution in [0, 0.1) is 5.92 Å². The SMILES string of the molecule is COc1ccc2[nH]cc(NC(=O)C3CN(CC(F)(F)F)C3)c2c1. The van der Waals surface area contributed by atoms with Gasteiger partial charge in [-0.15, -0.1) is 0 Å². The molecule has 3 rings (SSSR count). The van der Waals surface area contributed by atoms with Crippen LogP contribution >= 0.6 is 0 Å². The summed E-state index contributed by atoms with van der Waals surface area (Å²) in [4.78, 5) is 16.4. The van der Waals surface area contributed by atoms with E-state index >= 15 is 0 Å². The molecule has 0 aliphatic carbocycles. The summed E-state index contributed by atoms with van der Waals surface area (Å²) >= 11 is 0. The molecule has 23 heavy (non-hydrogen) atoms. The first-order valence-electron chi connectivity index (χ1n) is 7.11. The molecule has 1 aromatic carbocycles. The number of halogens is 3. The van der Waals surface area contributed by atoms with Gasteiger partial charge in [-0.05, 0) is 18.2 Å². The summed E-state index contributed by atoms with van der Waals surface area (Å²) in [6.07, 6.45) is -2.57. The van der Waals surface area contributed by atoms with E-state index in [1.165, 1.54) is 4.90 Å². The zero-order chi connectivity index (χ0) is 16.6. The van der Waals surface area contributed by atoms with Crippen molar-refractivity contribution in [3.8, 4) is 5.75 Å². The zero-order valence-electron chi connectivity index (χ0n) is 12.4. The van der Waals surface area contributed by atoms with Crippen LogP contribution in [0.25, 0.3) is 10.9 Å². The fourth-order valence-electron chi connectivity index (χ4n) is 2.68. The molecule has 1 aliphatic rings. The van der Waals surface area contributed by atoms with E-state index in [2.05, 4.69) is 10.3 Å². The van der Waals surface area contributed by atoms with Gasteiger partial charge in [0.25, 0.3) is 0 Å². The summed E-state index contributed by atoms with van der Waals surface area (Å²) in [6.45, 7) is -0.727. The number of aromatic nitrogens is 1. The van der Waals surface area contributed by atoms with Crippen molar-refractivity contribution in [1.82, 2.24) is 9.88 Å². The van der Waals surface area contributed by atoms with Crippen LogP contribution in [0.2, 0.25) is 0 Å². The van der Waals surface area contributed by atoms with Crippen LogP contribution in [-0.4, -0.2) is 48.7 Å². The number of likely N-dealkylation sites (tertiary alicyclic amines) is 1. The van der Waals surface area contributed by atoms with Gasteiger partial charge < -0.3 is 15.0 Å². The van der Waals surface area contributed by atoms with E-state index in [0.717, 1.165) is 10.9 Å². The number of amides is 1. The molecule has 1 fully saturated rings. The van der Waals surface area contributed by atoms with Gasteiger partial charge in [0.1, 0.15) is 5.75 Å². The number of carbonyl (C=O) groups is 1. The number of hydrogen-bond acceptors (Lipinski definition) is 3. The maximum Gasteiger partial charge on any atom is 0.401 e. The van der Waals surface area contributed by atoms with Crippen molar-refractivity contribution in [3.05, 3.63) is 24.4 Å². The summed E-state index contributed by atoms with van der Waals surface area (Å²) in [5.41, 5.74) is 1.44. The van der Waals surface area contributed by atoms with Gasteiger partial charge in [-0.3, -0.25) is 9.69 Å². The topological polar surface area (TPSA) is 57.4 Å². The van der Waals surface area contributed by atoms with Crippen molar-refractivity contribution in [2.24, 2.45) is 5.92 Å². The number of hydrogen-bond donors (Lipinski definition) is 2. The molecule has 0 bridgehead atoms.